The van der Waals surface area contributed by atoms with Gasteiger partial charge < -0.3 is 20.8 Å². The number of phenols is 1. The predicted octanol–water partition coefficient (Wildman–Crippen LogP) is 0.129. The molecule has 0 bridgehead atoms. The van der Waals surface area contributed by atoms with Crippen LogP contribution in [0.3, 0.4) is 0 Å². The van der Waals surface area contributed by atoms with Crippen LogP contribution in [0, 0.1) is 0 Å². The lowest BCUT2D eigenvalue weighted by molar-refractivity contribution is -0.135. The van der Waals surface area contributed by atoms with Gasteiger partial charge in [0.25, 0.3) is 0 Å². The Hall–Kier alpha value is -2.77. The molecule has 3 amide bonds. The van der Waals surface area contributed by atoms with E-state index in [0.29, 0.717) is 5.69 Å². The molecule has 8 heteroatoms. The zero-order valence-electron chi connectivity index (χ0n) is 11.5. The quantitative estimate of drug-likeness (QED) is 0.594. The van der Waals surface area contributed by atoms with Gasteiger partial charge in [-0.15, -0.1) is 0 Å². The monoisotopic (exact) mass is 295 g/mol. The first kappa shape index (κ1) is 16.3. The summed E-state index contributed by atoms with van der Waals surface area (Å²) in [6.45, 7) is -0.441. The average molecular weight is 295 g/mol. The Morgan fingerprint density at radius 2 is 1.81 bits per heavy atom. The van der Waals surface area contributed by atoms with Crippen molar-refractivity contribution in [3.05, 3.63) is 24.3 Å². The number of benzene rings is 1. The van der Waals surface area contributed by atoms with Crippen LogP contribution >= 0.6 is 0 Å². The zero-order chi connectivity index (χ0) is 15.8. The second-order valence-electron chi connectivity index (χ2n) is 4.15. The van der Waals surface area contributed by atoms with Crippen LogP contribution in [0.15, 0.2) is 24.3 Å². The number of carboxylic acids is 1. The van der Waals surface area contributed by atoms with Gasteiger partial charge in [0.15, 0.2) is 0 Å². The van der Waals surface area contributed by atoms with Gasteiger partial charge in [0.2, 0.25) is 5.91 Å². The molecule has 1 aromatic rings. The van der Waals surface area contributed by atoms with E-state index < -0.39 is 18.5 Å². The highest BCUT2D eigenvalue weighted by molar-refractivity contribution is 5.96. The van der Waals surface area contributed by atoms with Crippen LogP contribution in [0.2, 0.25) is 0 Å². The van der Waals surface area contributed by atoms with Crippen molar-refractivity contribution < 1.29 is 24.6 Å². The molecule has 0 aliphatic carbocycles. The number of carbonyl (C=O) groups is 3. The fourth-order valence-electron chi connectivity index (χ4n) is 1.55. The summed E-state index contributed by atoms with van der Waals surface area (Å²) in [7, 11) is 1.48. The molecule has 0 saturated heterocycles. The summed E-state index contributed by atoms with van der Waals surface area (Å²) >= 11 is 0. The highest BCUT2D eigenvalue weighted by Gasteiger charge is 2.18. The van der Waals surface area contributed by atoms with Gasteiger partial charge in [0.1, 0.15) is 12.3 Å². The minimum atomic E-state index is -1.18. The number of rotatable bonds is 6. The van der Waals surface area contributed by atoms with Crippen LogP contribution in [-0.2, 0) is 9.59 Å². The number of urea groups is 1. The minimum absolute atomic E-state index is 0.00838. The van der Waals surface area contributed by atoms with Gasteiger partial charge in [-0.05, 0) is 24.3 Å². The largest absolute Gasteiger partial charge is 0.508 e. The van der Waals surface area contributed by atoms with Gasteiger partial charge >= 0.3 is 12.0 Å². The topological polar surface area (TPSA) is 119 Å². The first-order valence-corrected chi connectivity index (χ1v) is 6.21. The molecule has 8 nitrogen and oxygen atoms in total. The van der Waals surface area contributed by atoms with Gasteiger partial charge in [-0.25, -0.2) is 4.79 Å². The van der Waals surface area contributed by atoms with E-state index in [2.05, 4.69) is 10.6 Å². The van der Waals surface area contributed by atoms with Crippen LogP contribution in [-0.4, -0.2) is 48.3 Å². The van der Waals surface area contributed by atoms with E-state index in [1.807, 2.05) is 0 Å². The van der Waals surface area contributed by atoms with E-state index in [-0.39, 0.29) is 24.6 Å². The van der Waals surface area contributed by atoms with Crippen LogP contribution in [0.5, 0.6) is 5.75 Å². The van der Waals surface area contributed by atoms with E-state index >= 15 is 0 Å². The van der Waals surface area contributed by atoms with Crippen LogP contribution in [0.1, 0.15) is 6.42 Å². The summed E-state index contributed by atoms with van der Waals surface area (Å²) < 4.78 is 0. The van der Waals surface area contributed by atoms with Crippen molar-refractivity contribution in [3.8, 4) is 5.75 Å². The van der Waals surface area contributed by atoms with Crippen molar-refractivity contribution in [1.82, 2.24) is 10.6 Å². The van der Waals surface area contributed by atoms with Gasteiger partial charge in [0, 0.05) is 25.7 Å². The maximum Gasteiger partial charge on any atom is 0.323 e. The third-order valence-corrected chi connectivity index (χ3v) is 2.61. The summed E-state index contributed by atoms with van der Waals surface area (Å²) in [6, 6.07) is 4.92. The van der Waals surface area contributed by atoms with E-state index in [0.717, 1.165) is 4.90 Å². The zero-order valence-corrected chi connectivity index (χ0v) is 11.5. The SMILES string of the molecule is CNC(=O)CCNC(=O)N(CC(=O)O)c1ccc(O)cc1. The third kappa shape index (κ3) is 5.39. The van der Waals surface area contributed by atoms with Crippen molar-refractivity contribution in [1.29, 1.82) is 0 Å². The van der Waals surface area contributed by atoms with E-state index in [1.165, 1.54) is 31.3 Å². The Balaban J connectivity index is 2.72. The second kappa shape index (κ2) is 7.73. The number of hydrogen-bond acceptors (Lipinski definition) is 4. The van der Waals surface area contributed by atoms with E-state index in [4.69, 9.17) is 5.11 Å². The summed E-state index contributed by atoms with van der Waals surface area (Å²) in [4.78, 5) is 34.9. The number of carboxylic acid groups (broad SMARTS) is 1. The highest BCUT2D eigenvalue weighted by Crippen LogP contribution is 2.18. The van der Waals surface area contributed by atoms with Gasteiger partial charge in [-0.2, -0.15) is 0 Å². The maximum atomic E-state index is 12.0. The van der Waals surface area contributed by atoms with E-state index in [9.17, 15) is 19.5 Å². The van der Waals surface area contributed by atoms with Crippen molar-refractivity contribution >= 4 is 23.6 Å². The molecule has 0 radical (unpaired) electrons. The fourth-order valence-corrected chi connectivity index (χ4v) is 1.55. The van der Waals surface area contributed by atoms with Gasteiger partial charge in [-0.3, -0.25) is 14.5 Å². The molecular weight excluding hydrogens is 278 g/mol. The summed E-state index contributed by atoms with van der Waals surface area (Å²) in [5.74, 6) is -1.40. The van der Waals surface area contributed by atoms with Crippen molar-refractivity contribution in [2.45, 2.75) is 6.42 Å². The lowest BCUT2D eigenvalue weighted by Gasteiger charge is -2.21. The van der Waals surface area contributed by atoms with Gasteiger partial charge in [-0.1, -0.05) is 0 Å². The number of anilines is 1. The number of phenolic OH excluding ortho intramolecular Hbond substituents is 1. The molecule has 0 fully saturated rings. The van der Waals surface area contributed by atoms with Crippen molar-refractivity contribution in [3.63, 3.8) is 0 Å². The average Bonchev–Trinajstić information content (AvgIpc) is 2.45. The molecule has 0 aliphatic heterocycles. The summed E-state index contributed by atoms with van der Waals surface area (Å²) in [5, 5.41) is 23.0. The molecule has 0 aliphatic rings. The molecule has 0 spiro atoms. The number of aromatic hydroxyl groups is 1. The molecule has 0 heterocycles. The van der Waals surface area contributed by atoms with E-state index in [1.54, 1.807) is 0 Å². The Kier molecular flexibility index (Phi) is 5.99. The highest BCUT2D eigenvalue weighted by atomic mass is 16.4. The number of aliphatic carboxylic acids is 1. The smallest absolute Gasteiger partial charge is 0.323 e. The van der Waals surface area contributed by atoms with Crippen LogP contribution < -0.4 is 15.5 Å². The fraction of sp³-hybridized carbons (Fsp3) is 0.308. The molecule has 0 atom stereocenters. The Bertz CT molecular complexity index is 515. The molecule has 1 aromatic carbocycles. The predicted molar refractivity (Wildman–Crippen MR) is 75.2 cm³/mol. The maximum absolute atomic E-state index is 12.0. The van der Waals surface area contributed by atoms with Crippen LogP contribution in [0.4, 0.5) is 10.5 Å². The summed E-state index contributed by atoms with van der Waals surface area (Å²) in [5.41, 5.74) is 0.327. The molecular formula is C13H17N3O5. The first-order valence-electron chi connectivity index (χ1n) is 6.21. The minimum Gasteiger partial charge on any atom is -0.508 e. The van der Waals surface area contributed by atoms with Crippen molar-refractivity contribution in [2.75, 3.05) is 25.0 Å². The third-order valence-electron chi connectivity index (χ3n) is 2.61. The molecule has 4 N–H and O–H groups in total. The molecule has 114 valence electrons. The standard InChI is InChI=1S/C13H17N3O5/c1-14-11(18)6-7-15-13(21)16(8-12(19)20)9-2-4-10(17)5-3-9/h2-5,17H,6-8H2,1H3,(H,14,18)(H,15,21)(H,19,20). The Morgan fingerprint density at radius 3 is 2.33 bits per heavy atom. The molecule has 0 unspecified atom stereocenters. The van der Waals surface area contributed by atoms with Crippen LogP contribution in [0.25, 0.3) is 0 Å². The number of amides is 3. The second-order valence-corrected chi connectivity index (χ2v) is 4.15. The number of nitrogens with zero attached hydrogens (tertiary/aromatic N) is 1. The first-order chi connectivity index (χ1) is 9.93. The molecule has 1 rings (SSSR count). The Labute approximate surface area is 121 Å². The number of carbonyl (C=O) groups excluding carboxylic acids is 2. The van der Waals surface area contributed by atoms with Crippen molar-refractivity contribution in [2.24, 2.45) is 0 Å². The number of nitrogens with one attached hydrogen (secondary N) is 2. The van der Waals surface area contributed by atoms with Gasteiger partial charge in [0.05, 0.1) is 0 Å². The lowest BCUT2D eigenvalue weighted by Crippen LogP contribution is -2.43. The number of hydrogen-bond donors (Lipinski definition) is 4. The lowest BCUT2D eigenvalue weighted by atomic mass is 10.2. The normalized spacial score (nSPS) is 9.76. The molecule has 21 heavy (non-hydrogen) atoms. The Morgan fingerprint density at radius 1 is 1.19 bits per heavy atom. The molecule has 0 aromatic heterocycles. The summed E-state index contributed by atoms with van der Waals surface area (Å²) in [6.07, 6.45) is 0.0960. The molecule has 0 saturated carbocycles.